The van der Waals surface area contributed by atoms with Crippen LogP contribution >= 0.6 is 0 Å². The van der Waals surface area contributed by atoms with E-state index >= 15 is 0 Å². The normalized spacial score (nSPS) is 12.2. The van der Waals surface area contributed by atoms with E-state index in [0.29, 0.717) is 28.3 Å². The van der Waals surface area contributed by atoms with E-state index in [-0.39, 0.29) is 33.7 Å². The highest BCUT2D eigenvalue weighted by atomic mass is 32.2. The highest BCUT2D eigenvalue weighted by Gasteiger charge is 2.22. The molecule has 0 aliphatic rings. The molecule has 0 heterocycles. The van der Waals surface area contributed by atoms with Crippen LogP contribution in [0.5, 0.6) is 5.75 Å². The minimum Gasteiger partial charge on any atom is -0.505 e. The number of phenolic OH excluding ortho intramolecular Hbond substituents is 1. The number of phenols is 1. The first-order valence-corrected chi connectivity index (χ1v) is 16.1. The van der Waals surface area contributed by atoms with Crippen molar-refractivity contribution in [3.05, 3.63) is 103 Å². The molecule has 0 spiro atoms. The topological polar surface area (TPSA) is 234 Å². The van der Waals surface area contributed by atoms with Gasteiger partial charge in [-0.25, -0.2) is 0 Å². The Morgan fingerprint density at radius 3 is 1.78 bits per heavy atom. The van der Waals surface area contributed by atoms with Gasteiger partial charge in [0.1, 0.15) is 10.6 Å². The van der Waals surface area contributed by atoms with Crippen LogP contribution in [0.2, 0.25) is 0 Å². The highest BCUT2D eigenvalue weighted by molar-refractivity contribution is 7.86. The number of carbonyl (C=O) groups excluding carboxylic acids is 1. The third-order valence-corrected chi connectivity index (χ3v) is 8.28. The molecule has 5 aromatic carbocycles. The summed E-state index contributed by atoms with van der Waals surface area (Å²) in [7, 11) is -9.18. The van der Waals surface area contributed by atoms with Gasteiger partial charge in [-0.05, 0) is 102 Å². The molecule has 46 heavy (non-hydrogen) atoms. The van der Waals surface area contributed by atoms with Gasteiger partial charge in [0.25, 0.3) is 20.2 Å². The van der Waals surface area contributed by atoms with Crippen LogP contribution in [0.4, 0.5) is 34.1 Å². The zero-order valence-corrected chi connectivity index (χ0v) is 25.1. The molecule has 234 valence electrons. The van der Waals surface area contributed by atoms with Crippen LogP contribution in [0.1, 0.15) is 10.4 Å². The second-order valence-corrected chi connectivity index (χ2v) is 12.6. The van der Waals surface area contributed by atoms with Crippen molar-refractivity contribution in [3.8, 4) is 5.75 Å². The summed E-state index contributed by atoms with van der Waals surface area (Å²) in [6.07, 6.45) is 0. The van der Waals surface area contributed by atoms with Gasteiger partial charge in [-0.2, -0.15) is 32.2 Å². The predicted octanol–water partition coefficient (Wildman–Crippen LogP) is 6.75. The fraction of sp³-hybridized carbons (Fsp3) is 0.0333. The Morgan fingerprint density at radius 2 is 1.24 bits per heavy atom. The molecule has 0 bridgehead atoms. The second-order valence-electron chi connectivity index (χ2n) is 9.77. The number of ketones is 1. The molecule has 5 aromatic rings. The van der Waals surface area contributed by atoms with Gasteiger partial charge >= 0.3 is 0 Å². The highest BCUT2D eigenvalue weighted by Crippen LogP contribution is 2.42. The lowest BCUT2D eigenvalue weighted by molar-refractivity contribution is 0.101. The van der Waals surface area contributed by atoms with Crippen LogP contribution in [0, 0.1) is 0 Å². The molecule has 0 fully saturated rings. The third-order valence-electron chi connectivity index (χ3n) is 6.55. The molecule has 0 saturated heterocycles. The second kappa shape index (κ2) is 12.8. The Morgan fingerprint density at radius 1 is 0.696 bits per heavy atom. The van der Waals surface area contributed by atoms with Crippen LogP contribution in [0.15, 0.2) is 127 Å². The maximum Gasteiger partial charge on any atom is 0.296 e. The molecule has 0 atom stereocenters. The summed E-state index contributed by atoms with van der Waals surface area (Å²) in [6.45, 7) is -0.0663. The van der Waals surface area contributed by atoms with E-state index < -0.39 is 36.6 Å². The molecule has 0 amide bonds. The number of aromatic hydroxyl groups is 1. The van der Waals surface area contributed by atoms with E-state index in [2.05, 4.69) is 25.8 Å². The first-order valence-electron chi connectivity index (χ1n) is 13.2. The van der Waals surface area contributed by atoms with Crippen molar-refractivity contribution in [1.82, 2.24) is 0 Å². The molecular formula is C30H24N6O8S2. The minimum absolute atomic E-state index is 0.0663. The number of azo groups is 2. The monoisotopic (exact) mass is 660 g/mol. The first-order chi connectivity index (χ1) is 21.8. The van der Waals surface area contributed by atoms with E-state index in [9.17, 15) is 31.3 Å². The minimum atomic E-state index is -4.85. The van der Waals surface area contributed by atoms with Gasteiger partial charge in [0.15, 0.2) is 11.5 Å². The quantitative estimate of drug-likeness (QED) is 0.0457. The molecule has 0 unspecified atom stereocenters. The number of rotatable bonds is 10. The zero-order valence-electron chi connectivity index (χ0n) is 23.5. The van der Waals surface area contributed by atoms with Crippen molar-refractivity contribution in [3.63, 3.8) is 0 Å². The summed E-state index contributed by atoms with van der Waals surface area (Å²) in [4.78, 5) is 11.5. The number of nitrogens with one attached hydrogen (secondary N) is 1. The smallest absolute Gasteiger partial charge is 0.296 e. The number of nitrogens with two attached hydrogens (primary N) is 1. The maximum absolute atomic E-state index is 12.5. The van der Waals surface area contributed by atoms with Gasteiger partial charge < -0.3 is 16.2 Å². The van der Waals surface area contributed by atoms with Crippen molar-refractivity contribution in [2.24, 2.45) is 20.5 Å². The average Bonchev–Trinajstić information content (AvgIpc) is 3.02. The van der Waals surface area contributed by atoms with E-state index in [0.717, 1.165) is 6.07 Å². The number of hydrogen-bond donors (Lipinski definition) is 5. The summed E-state index contributed by atoms with van der Waals surface area (Å²) in [5.41, 5.74) is 7.59. The number of Topliss-reactive ketones (excluding diaryl/α,β-unsaturated/α-hetero) is 1. The maximum atomic E-state index is 12.5. The lowest BCUT2D eigenvalue weighted by Gasteiger charge is -2.11. The van der Waals surface area contributed by atoms with E-state index in [1.54, 1.807) is 30.3 Å². The molecule has 0 radical (unpaired) electrons. The van der Waals surface area contributed by atoms with Crippen molar-refractivity contribution in [1.29, 1.82) is 0 Å². The number of benzene rings is 5. The van der Waals surface area contributed by atoms with Crippen LogP contribution in [0.25, 0.3) is 10.8 Å². The van der Waals surface area contributed by atoms with Gasteiger partial charge in [0.2, 0.25) is 0 Å². The molecular weight excluding hydrogens is 636 g/mol. The van der Waals surface area contributed by atoms with Gasteiger partial charge in [-0.15, -0.1) is 5.11 Å². The van der Waals surface area contributed by atoms with Crippen LogP contribution in [-0.2, 0) is 20.2 Å². The van der Waals surface area contributed by atoms with Gasteiger partial charge in [-0.3, -0.25) is 13.9 Å². The predicted molar refractivity (Wildman–Crippen MR) is 170 cm³/mol. The van der Waals surface area contributed by atoms with Crippen molar-refractivity contribution >= 4 is 70.9 Å². The fourth-order valence-electron chi connectivity index (χ4n) is 4.20. The lowest BCUT2D eigenvalue weighted by atomic mass is 10.1. The summed E-state index contributed by atoms with van der Waals surface area (Å²) >= 11 is 0. The molecule has 0 aliphatic heterocycles. The van der Waals surface area contributed by atoms with Crippen LogP contribution in [0.3, 0.4) is 0 Å². The number of fused-ring (bicyclic) bond motifs is 1. The fourth-order valence-corrected chi connectivity index (χ4v) is 5.34. The molecule has 5 rings (SSSR count). The zero-order chi connectivity index (χ0) is 33.1. The summed E-state index contributed by atoms with van der Waals surface area (Å²) < 4.78 is 65.8. The number of carbonyl (C=O) groups is 1. The summed E-state index contributed by atoms with van der Waals surface area (Å²) in [5, 5.41) is 30.3. The molecule has 0 saturated carbocycles. The number of anilines is 2. The summed E-state index contributed by atoms with van der Waals surface area (Å²) in [6, 6.07) is 23.3. The van der Waals surface area contributed by atoms with Crippen molar-refractivity contribution < 1.29 is 35.8 Å². The lowest BCUT2D eigenvalue weighted by Crippen LogP contribution is -2.14. The SMILES string of the molecule is Nc1ccc(C(=O)CNc2ccc3c(O)c(/N=N\c4ccc(/N=N\c5ccc(S(=O)(=O)O)cc5)cc4)c(S(=O)(=O)O)cc3c2)cc1. The van der Waals surface area contributed by atoms with E-state index in [1.807, 2.05) is 0 Å². The largest absolute Gasteiger partial charge is 0.505 e. The first kappa shape index (κ1) is 31.9. The van der Waals surface area contributed by atoms with Crippen molar-refractivity contribution in [2.45, 2.75) is 9.79 Å². The van der Waals surface area contributed by atoms with Gasteiger partial charge in [0, 0.05) is 22.3 Å². The Bertz CT molecular complexity index is 2220. The molecule has 16 heteroatoms. The van der Waals surface area contributed by atoms with E-state index in [1.165, 1.54) is 60.7 Å². The number of nitrogen functional groups attached to an aromatic ring is 1. The Hall–Kier alpha value is -5.55. The molecule has 6 N–H and O–H groups in total. The third kappa shape index (κ3) is 7.56. The van der Waals surface area contributed by atoms with Gasteiger partial charge in [-0.1, -0.05) is 0 Å². The molecule has 0 aromatic heterocycles. The molecule has 14 nitrogen and oxygen atoms in total. The van der Waals surface area contributed by atoms with Crippen LogP contribution < -0.4 is 11.1 Å². The Balaban J connectivity index is 1.35. The van der Waals surface area contributed by atoms with Gasteiger partial charge in [0.05, 0.1) is 28.5 Å². The average molecular weight is 661 g/mol. The summed E-state index contributed by atoms with van der Waals surface area (Å²) in [5.74, 6) is -0.745. The number of nitrogens with zero attached hydrogens (tertiary/aromatic N) is 4. The Kier molecular flexibility index (Phi) is 8.88. The Labute approximate surface area is 262 Å². The van der Waals surface area contributed by atoms with Crippen LogP contribution in [-0.4, -0.2) is 43.4 Å². The number of hydrogen-bond acceptors (Lipinski definition) is 12. The van der Waals surface area contributed by atoms with E-state index in [4.69, 9.17) is 10.3 Å². The molecule has 0 aliphatic carbocycles. The van der Waals surface area contributed by atoms with Crippen molar-refractivity contribution in [2.75, 3.05) is 17.6 Å². The standard InChI is InChI=1S/C30H24N6O8S2/c31-20-3-1-18(2-4-20)27(37)17-32-24-11-14-26-19(15-24)16-28(46(42,43)44)29(30(26)38)36-35-22-7-5-21(6-8-22)33-34-23-9-12-25(13-10-23)45(39,40)41/h1-16,32,38H,17,31H2,(H,39,40,41)(H,42,43,44)/b34-33-,36-35-.